The van der Waals surface area contributed by atoms with E-state index in [-0.39, 0.29) is 0 Å². The summed E-state index contributed by atoms with van der Waals surface area (Å²) in [6.45, 7) is 4.23. The van der Waals surface area contributed by atoms with Crippen LogP contribution in [0, 0.1) is 6.92 Å². The van der Waals surface area contributed by atoms with Gasteiger partial charge in [-0.3, -0.25) is 0 Å². The van der Waals surface area contributed by atoms with E-state index in [1.54, 1.807) is 12.1 Å². The van der Waals surface area contributed by atoms with Gasteiger partial charge in [0, 0.05) is 0 Å². The predicted molar refractivity (Wildman–Crippen MR) is 62.0 cm³/mol. The van der Waals surface area contributed by atoms with Crippen LogP contribution in [0.25, 0.3) is 0 Å². The van der Waals surface area contributed by atoms with E-state index in [2.05, 4.69) is 0 Å². The summed E-state index contributed by atoms with van der Waals surface area (Å²) in [4.78, 5) is -0.569. The van der Waals surface area contributed by atoms with Crippen molar-refractivity contribution in [2.75, 3.05) is 6.61 Å². The van der Waals surface area contributed by atoms with Gasteiger partial charge in [-0.2, -0.15) is 0 Å². The number of hydrogen-bond donors (Lipinski definition) is 0. The largest absolute Gasteiger partial charge is 0.352 e. The van der Waals surface area contributed by atoms with Crippen LogP contribution in [-0.4, -0.2) is 20.0 Å². The summed E-state index contributed by atoms with van der Waals surface area (Å²) in [7, 11) is -3.33. The van der Waals surface area contributed by atoms with Crippen molar-refractivity contribution in [2.45, 2.75) is 36.5 Å². The van der Waals surface area contributed by atoms with Crippen molar-refractivity contribution < 1.29 is 13.2 Å². The molecule has 1 heterocycles. The standard InChI is InChI=1S/C12H16O3S/c1-3-8-12(9-15-12)16(13,14)11-6-4-10(2)5-7-11/h4-7H,3,8-9H2,1-2H3. The Kier molecular flexibility index (Phi) is 2.80. The Morgan fingerprint density at radius 1 is 1.31 bits per heavy atom. The van der Waals surface area contributed by atoms with Crippen LogP contribution in [0.3, 0.4) is 0 Å². The second-order valence-corrected chi connectivity index (χ2v) is 6.49. The summed E-state index contributed by atoms with van der Waals surface area (Å²) >= 11 is 0. The van der Waals surface area contributed by atoms with E-state index in [9.17, 15) is 8.42 Å². The molecule has 0 bridgehead atoms. The van der Waals surface area contributed by atoms with Crippen LogP contribution in [0.5, 0.6) is 0 Å². The Morgan fingerprint density at radius 2 is 1.88 bits per heavy atom. The van der Waals surface area contributed by atoms with Crippen molar-refractivity contribution in [1.29, 1.82) is 0 Å². The minimum absolute atomic E-state index is 0.330. The fourth-order valence-corrected chi connectivity index (χ4v) is 3.59. The van der Waals surface area contributed by atoms with E-state index in [1.165, 1.54) is 0 Å². The molecule has 16 heavy (non-hydrogen) atoms. The van der Waals surface area contributed by atoms with Gasteiger partial charge in [0.05, 0.1) is 11.5 Å². The van der Waals surface area contributed by atoms with E-state index in [0.29, 0.717) is 17.9 Å². The number of hydrogen-bond acceptors (Lipinski definition) is 3. The lowest BCUT2D eigenvalue weighted by atomic mass is 10.2. The highest BCUT2D eigenvalue weighted by Crippen LogP contribution is 2.41. The molecule has 1 aliphatic heterocycles. The van der Waals surface area contributed by atoms with Gasteiger partial charge in [-0.15, -0.1) is 0 Å². The summed E-state index contributed by atoms with van der Waals surface area (Å²) in [6.07, 6.45) is 1.38. The van der Waals surface area contributed by atoms with E-state index in [1.807, 2.05) is 26.0 Å². The lowest BCUT2D eigenvalue weighted by Crippen LogP contribution is -2.24. The predicted octanol–water partition coefficient (Wildman–Crippen LogP) is 2.30. The van der Waals surface area contributed by atoms with Gasteiger partial charge in [0.2, 0.25) is 9.84 Å². The number of ether oxygens (including phenoxy) is 1. The summed E-state index contributed by atoms with van der Waals surface area (Å²) in [6, 6.07) is 6.94. The van der Waals surface area contributed by atoms with Gasteiger partial charge < -0.3 is 4.74 Å². The van der Waals surface area contributed by atoms with Crippen LogP contribution in [0.4, 0.5) is 0 Å². The molecule has 0 radical (unpaired) electrons. The van der Waals surface area contributed by atoms with Crippen molar-refractivity contribution >= 4 is 9.84 Å². The van der Waals surface area contributed by atoms with E-state index < -0.39 is 14.8 Å². The number of epoxide rings is 1. The maximum absolute atomic E-state index is 12.3. The van der Waals surface area contributed by atoms with E-state index >= 15 is 0 Å². The summed E-state index contributed by atoms with van der Waals surface area (Å²) in [5, 5.41) is 0. The molecule has 1 aliphatic rings. The Bertz CT molecular complexity index is 469. The first kappa shape index (κ1) is 11.6. The van der Waals surface area contributed by atoms with Crippen molar-refractivity contribution in [3.63, 3.8) is 0 Å². The Hall–Kier alpha value is -0.870. The highest BCUT2D eigenvalue weighted by atomic mass is 32.2. The molecule has 1 fully saturated rings. The molecule has 0 N–H and O–H groups in total. The minimum atomic E-state index is -3.33. The quantitative estimate of drug-likeness (QED) is 0.759. The smallest absolute Gasteiger partial charge is 0.210 e. The first-order valence-electron chi connectivity index (χ1n) is 5.47. The third-order valence-electron chi connectivity index (χ3n) is 2.92. The fourth-order valence-electron chi connectivity index (χ4n) is 1.83. The van der Waals surface area contributed by atoms with Crippen molar-refractivity contribution in [3.8, 4) is 0 Å². The number of rotatable bonds is 4. The molecule has 1 saturated heterocycles. The highest BCUT2D eigenvalue weighted by molar-refractivity contribution is 7.93. The van der Waals surface area contributed by atoms with Crippen molar-refractivity contribution in [2.24, 2.45) is 0 Å². The first-order chi connectivity index (χ1) is 7.52. The maximum Gasteiger partial charge on any atom is 0.210 e. The molecule has 1 aromatic rings. The van der Waals surface area contributed by atoms with Gasteiger partial charge >= 0.3 is 0 Å². The number of sulfone groups is 1. The molecule has 0 saturated carbocycles. The average molecular weight is 240 g/mol. The Morgan fingerprint density at radius 3 is 2.31 bits per heavy atom. The average Bonchev–Trinajstić information content (AvgIpc) is 3.00. The molecule has 0 aliphatic carbocycles. The van der Waals surface area contributed by atoms with E-state index in [0.717, 1.165) is 12.0 Å². The maximum atomic E-state index is 12.3. The summed E-state index contributed by atoms with van der Waals surface area (Å²) < 4.78 is 29.8. The van der Waals surface area contributed by atoms with Crippen LogP contribution in [-0.2, 0) is 14.6 Å². The van der Waals surface area contributed by atoms with E-state index in [4.69, 9.17) is 4.74 Å². The minimum Gasteiger partial charge on any atom is -0.352 e. The second-order valence-electron chi connectivity index (χ2n) is 4.27. The molecule has 0 aromatic heterocycles. The zero-order chi connectivity index (χ0) is 11.8. The van der Waals surface area contributed by atoms with Gasteiger partial charge in [0.25, 0.3) is 0 Å². The zero-order valence-corrected chi connectivity index (χ0v) is 10.4. The van der Waals surface area contributed by atoms with Crippen molar-refractivity contribution in [3.05, 3.63) is 29.8 Å². The monoisotopic (exact) mass is 240 g/mol. The van der Waals surface area contributed by atoms with Gasteiger partial charge in [-0.1, -0.05) is 31.0 Å². The van der Waals surface area contributed by atoms with Crippen LogP contribution < -0.4 is 0 Å². The third-order valence-corrected chi connectivity index (χ3v) is 5.23. The number of aryl methyl sites for hydroxylation is 1. The van der Waals surface area contributed by atoms with Gasteiger partial charge in [-0.25, -0.2) is 8.42 Å². The Labute approximate surface area is 96.4 Å². The molecule has 0 amide bonds. The summed E-state index contributed by atoms with van der Waals surface area (Å²) in [5.74, 6) is 0. The van der Waals surface area contributed by atoms with Crippen LogP contribution >= 0.6 is 0 Å². The molecule has 2 rings (SSSR count). The van der Waals surface area contributed by atoms with Gasteiger partial charge in [0.1, 0.15) is 0 Å². The second kappa shape index (κ2) is 3.86. The molecular weight excluding hydrogens is 224 g/mol. The summed E-state index contributed by atoms with van der Waals surface area (Å²) in [5.41, 5.74) is 1.06. The number of benzene rings is 1. The Balaban J connectivity index is 2.36. The lowest BCUT2D eigenvalue weighted by Gasteiger charge is -2.12. The SMILES string of the molecule is CCCC1(S(=O)(=O)c2ccc(C)cc2)CO1. The topological polar surface area (TPSA) is 46.7 Å². The molecule has 3 nitrogen and oxygen atoms in total. The van der Waals surface area contributed by atoms with Crippen LogP contribution in [0.1, 0.15) is 25.3 Å². The molecule has 4 heteroatoms. The highest BCUT2D eigenvalue weighted by Gasteiger charge is 2.56. The van der Waals surface area contributed by atoms with Gasteiger partial charge in [0.15, 0.2) is 4.93 Å². The molecule has 0 spiro atoms. The first-order valence-corrected chi connectivity index (χ1v) is 6.95. The molecule has 88 valence electrons. The van der Waals surface area contributed by atoms with Gasteiger partial charge in [-0.05, 0) is 25.5 Å². The third kappa shape index (κ3) is 1.76. The normalized spacial score (nSPS) is 24.4. The van der Waals surface area contributed by atoms with Crippen LogP contribution in [0.2, 0.25) is 0 Å². The zero-order valence-electron chi connectivity index (χ0n) is 9.56. The van der Waals surface area contributed by atoms with Crippen LogP contribution in [0.15, 0.2) is 29.2 Å². The fraction of sp³-hybridized carbons (Fsp3) is 0.500. The molecular formula is C12H16O3S. The molecule has 1 atom stereocenters. The van der Waals surface area contributed by atoms with Crippen molar-refractivity contribution in [1.82, 2.24) is 0 Å². The molecule has 1 aromatic carbocycles. The molecule has 1 unspecified atom stereocenters. The lowest BCUT2D eigenvalue weighted by molar-refractivity contribution is 0.353.